The molecular weight excluding hydrogens is 1210 g/mol. The molecule has 0 aromatic rings. The summed E-state index contributed by atoms with van der Waals surface area (Å²) in [6.07, 6.45) is 54.5. The molecule has 0 aliphatic rings. The summed E-state index contributed by atoms with van der Waals surface area (Å²) in [7, 11) is -9.89. The number of esters is 4. The Morgan fingerprint density at radius 3 is 0.739 bits per heavy atom. The van der Waals surface area contributed by atoms with Crippen molar-refractivity contribution in [2.24, 2.45) is 5.92 Å². The molecule has 5 atom stereocenters. The predicted molar refractivity (Wildman–Crippen MR) is 372 cm³/mol. The van der Waals surface area contributed by atoms with E-state index in [4.69, 9.17) is 37.0 Å². The van der Waals surface area contributed by atoms with E-state index < -0.39 is 97.5 Å². The molecule has 0 rings (SSSR count). The smallest absolute Gasteiger partial charge is 0.462 e. The second-order valence-corrected chi connectivity index (χ2v) is 29.7. The first-order valence-corrected chi connectivity index (χ1v) is 41.1. The second kappa shape index (κ2) is 66.3. The summed E-state index contributed by atoms with van der Waals surface area (Å²) in [4.78, 5) is 72.4. The number of hydrogen-bond acceptors (Lipinski definition) is 15. The van der Waals surface area contributed by atoms with E-state index in [1.165, 1.54) is 199 Å². The van der Waals surface area contributed by atoms with Crippen LogP contribution in [0.2, 0.25) is 0 Å². The Hall–Kier alpha value is -1.94. The summed E-state index contributed by atoms with van der Waals surface area (Å²) in [6, 6.07) is 0. The number of carbonyl (C=O) groups is 4. The van der Waals surface area contributed by atoms with Crippen molar-refractivity contribution in [2.75, 3.05) is 39.6 Å². The quantitative estimate of drug-likeness (QED) is 0.0222. The van der Waals surface area contributed by atoms with Gasteiger partial charge in [-0.1, -0.05) is 330 Å². The Morgan fingerprint density at radius 1 is 0.293 bits per heavy atom. The van der Waals surface area contributed by atoms with Crippen LogP contribution >= 0.6 is 15.6 Å². The van der Waals surface area contributed by atoms with Crippen molar-refractivity contribution >= 4 is 39.5 Å². The zero-order valence-corrected chi connectivity index (χ0v) is 61.5. The first-order chi connectivity index (χ1) is 44.5. The molecule has 0 aromatic carbocycles. The Kier molecular flexibility index (Phi) is 64.9. The summed E-state index contributed by atoms with van der Waals surface area (Å²) in [6.45, 7) is 7.21. The van der Waals surface area contributed by atoms with Gasteiger partial charge in [0.15, 0.2) is 12.2 Å². The second-order valence-electron chi connectivity index (χ2n) is 26.8. The Bertz CT molecular complexity index is 1770. The molecule has 3 N–H and O–H groups in total. The summed E-state index contributed by atoms with van der Waals surface area (Å²) in [5.41, 5.74) is 0. The van der Waals surface area contributed by atoms with Gasteiger partial charge >= 0.3 is 39.5 Å². The highest BCUT2D eigenvalue weighted by Crippen LogP contribution is 2.45. The Balaban J connectivity index is 5.14. The molecule has 0 aromatic heterocycles. The van der Waals surface area contributed by atoms with Gasteiger partial charge in [-0.05, 0) is 31.6 Å². The van der Waals surface area contributed by atoms with Gasteiger partial charge in [0.25, 0.3) is 0 Å². The highest BCUT2D eigenvalue weighted by Gasteiger charge is 2.30. The van der Waals surface area contributed by atoms with E-state index in [9.17, 15) is 43.2 Å². The minimum Gasteiger partial charge on any atom is -0.462 e. The lowest BCUT2D eigenvalue weighted by atomic mass is 10.0. The number of ether oxygens (including phenoxy) is 4. The maximum Gasteiger partial charge on any atom is 0.472 e. The molecule has 0 radical (unpaired) electrons. The van der Waals surface area contributed by atoms with Gasteiger partial charge in [0, 0.05) is 25.7 Å². The predicted octanol–water partition coefficient (Wildman–Crippen LogP) is 21.3. The normalized spacial score (nSPS) is 14.0. The lowest BCUT2D eigenvalue weighted by Gasteiger charge is -2.21. The summed E-state index contributed by atoms with van der Waals surface area (Å²) >= 11 is 0. The summed E-state index contributed by atoms with van der Waals surface area (Å²) in [5.74, 6) is -1.33. The van der Waals surface area contributed by atoms with Crippen molar-refractivity contribution in [2.45, 2.75) is 400 Å². The zero-order chi connectivity index (χ0) is 67.7. The van der Waals surface area contributed by atoms with Crippen LogP contribution in [0.4, 0.5) is 0 Å². The number of aliphatic hydroxyl groups excluding tert-OH is 1. The molecule has 2 unspecified atom stereocenters. The van der Waals surface area contributed by atoms with Crippen molar-refractivity contribution in [1.29, 1.82) is 0 Å². The van der Waals surface area contributed by atoms with E-state index in [0.717, 1.165) is 102 Å². The first-order valence-electron chi connectivity index (χ1n) is 38.1. The fraction of sp³-hybridized carbons (Fsp3) is 0.945. The molecule has 19 heteroatoms. The van der Waals surface area contributed by atoms with Crippen LogP contribution in [-0.2, 0) is 65.4 Å². The molecule has 0 spiro atoms. The Labute approximate surface area is 562 Å². The van der Waals surface area contributed by atoms with Crippen LogP contribution in [0, 0.1) is 5.92 Å². The van der Waals surface area contributed by atoms with Crippen LogP contribution in [0.1, 0.15) is 381 Å². The van der Waals surface area contributed by atoms with Gasteiger partial charge in [-0.3, -0.25) is 37.3 Å². The number of carbonyl (C=O) groups excluding carboxylic acids is 4. The minimum atomic E-state index is -4.95. The van der Waals surface area contributed by atoms with E-state index in [1.807, 2.05) is 0 Å². The highest BCUT2D eigenvalue weighted by molar-refractivity contribution is 7.47. The van der Waals surface area contributed by atoms with Crippen molar-refractivity contribution in [3.05, 3.63) is 0 Å². The van der Waals surface area contributed by atoms with Crippen LogP contribution in [0.25, 0.3) is 0 Å². The molecule has 0 aliphatic carbocycles. The van der Waals surface area contributed by atoms with Gasteiger partial charge in [0.2, 0.25) is 0 Å². The standard InChI is InChI=1S/C73H142O17P2/c1-6-9-12-15-17-19-21-23-24-25-26-27-32-36-40-44-49-54-59-73(78)90-69(63-84-71(76)57-52-47-42-38-35-31-29-28-30-33-37-41-46-50-55-66(4)5)65-88-92(81,82)86-61-67(74)60-85-91(79,80)87-64-68(62-83-70(75)56-51-45-14-11-8-3)89-72(77)58-53-48-43-39-34-22-20-18-16-13-10-7-2/h66-69,74H,6-65H2,1-5H3,(H,79,80)(H,81,82)/t67-,68+,69+/m0/s1. The van der Waals surface area contributed by atoms with Gasteiger partial charge < -0.3 is 33.8 Å². The van der Waals surface area contributed by atoms with Crippen LogP contribution in [0.15, 0.2) is 0 Å². The number of unbranched alkanes of at least 4 members (excludes halogenated alkanes) is 45. The third-order valence-electron chi connectivity index (χ3n) is 17.0. The molecule has 0 heterocycles. The minimum absolute atomic E-state index is 0.107. The van der Waals surface area contributed by atoms with E-state index in [2.05, 4.69) is 34.6 Å². The van der Waals surface area contributed by atoms with Crippen molar-refractivity contribution in [3.63, 3.8) is 0 Å². The molecule has 0 aliphatic heterocycles. The number of phosphoric acid groups is 2. The highest BCUT2D eigenvalue weighted by atomic mass is 31.2. The largest absolute Gasteiger partial charge is 0.472 e. The average molecular weight is 1350 g/mol. The maximum atomic E-state index is 13.1. The third kappa shape index (κ3) is 66.7. The van der Waals surface area contributed by atoms with Crippen LogP contribution < -0.4 is 0 Å². The van der Waals surface area contributed by atoms with Gasteiger partial charge in [-0.25, -0.2) is 9.13 Å². The molecule has 17 nitrogen and oxygen atoms in total. The van der Waals surface area contributed by atoms with Crippen LogP contribution in [0.5, 0.6) is 0 Å². The summed E-state index contributed by atoms with van der Waals surface area (Å²) in [5, 5.41) is 10.6. The number of hydrogen-bond donors (Lipinski definition) is 3. The van der Waals surface area contributed by atoms with Gasteiger partial charge in [0.1, 0.15) is 19.3 Å². The fourth-order valence-corrected chi connectivity index (χ4v) is 12.8. The lowest BCUT2D eigenvalue weighted by Crippen LogP contribution is -2.30. The van der Waals surface area contributed by atoms with Crippen molar-refractivity contribution in [1.82, 2.24) is 0 Å². The first kappa shape index (κ1) is 90.1. The van der Waals surface area contributed by atoms with Gasteiger partial charge in [-0.15, -0.1) is 0 Å². The molecule has 0 fully saturated rings. The third-order valence-corrected chi connectivity index (χ3v) is 18.9. The number of phosphoric ester groups is 2. The number of aliphatic hydroxyl groups is 1. The molecule has 0 amide bonds. The van der Waals surface area contributed by atoms with E-state index >= 15 is 0 Å². The molecule has 0 saturated carbocycles. The van der Waals surface area contributed by atoms with E-state index in [0.29, 0.717) is 25.7 Å². The SMILES string of the molecule is CCCCCCCCCCCCCCCCCCCCC(=O)O[C@H](COC(=O)CCCCCCCCCCCCCCCCC(C)C)COP(=O)(O)OC[C@@H](O)COP(=O)(O)OC[C@@H](COC(=O)CCCCCCC)OC(=O)CCCCCCCCCCCCCC. The lowest BCUT2D eigenvalue weighted by molar-refractivity contribution is -0.161. The zero-order valence-electron chi connectivity index (χ0n) is 59.7. The van der Waals surface area contributed by atoms with Gasteiger partial charge in [-0.2, -0.15) is 0 Å². The topological polar surface area (TPSA) is 237 Å². The van der Waals surface area contributed by atoms with Crippen molar-refractivity contribution < 1.29 is 80.2 Å². The molecule has 0 saturated heterocycles. The molecule has 0 bridgehead atoms. The van der Waals surface area contributed by atoms with Crippen molar-refractivity contribution in [3.8, 4) is 0 Å². The Morgan fingerprint density at radius 2 is 0.500 bits per heavy atom. The molecule has 546 valence electrons. The monoisotopic (exact) mass is 1350 g/mol. The maximum absolute atomic E-state index is 13.1. The average Bonchev–Trinajstić information content (AvgIpc) is 1.88. The van der Waals surface area contributed by atoms with E-state index in [-0.39, 0.29) is 25.7 Å². The molecule has 92 heavy (non-hydrogen) atoms. The van der Waals surface area contributed by atoms with Crippen LogP contribution in [-0.4, -0.2) is 96.7 Å². The summed E-state index contributed by atoms with van der Waals surface area (Å²) < 4.78 is 68.2. The van der Waals surface area contributed by atoms with E-state index in [1.54, 1.807) is 0 Å². The molecular formula is C73H142O17P2. The fourth-order valence-electron chi connectivity index (χ4n) is 11.2. The van der Waals surface area contributed by atoms with Crippen LogP contribution in [0.3, 0.4) is 0 Å². The number of rotatable bonds is 73. The van der Waals surface area contributed by atoms with Gasteiger partial charge in [0.05, 0.1) is 26.4 Å².